The summed E-state index contributed by atoms with van der Waals surface area (Å²) in [5.74, 6) is 5.05. The van der Waals surface area contributed by atoms with E-state index < -0.39 is 5.91 Å². The Morgan fingerprint density at radius 1 is 1.35 bits per heavy atom. The van der Waals surface area contributed by atoms with Gasteiger partial charge in [0.2, 0.25) is 0 Å². The molecule has 1 aromatic carbocycles. The van der Waals surface area contributed by atoms with Crippen LogP contribution in [-0.2, 0) is 13.1 Å². The maximum absolute atomic E-state index is 12.2. The van der Waals surface area contributed by atoms with Crippen molar-refractivity contribution < 1.29 is 14.0 Å². The van der Waals surface area contributed by atoms with Crippen molar-refractivity contribution in [3.8, 4) is 0 Å². The fraction of sp³-hybridized carbons (Fsp3) is 0.143. The Hall–Kier alpha value is -2.60. The molecule has 3 rings (SSSR count). The number of nitrogens with two attached hydrogens (primary N) is 1. The number of benzene rings is 1. The Balaban J connectivity index is 1.83. The van der Waals surface area contributed by atoms with E-state index in [-0.39, 0.29) is 12.5 Å². The molecule has 0 atom stereocenters. The molecular weight excluding hydrogens is 258 g/mol. The van der Waals surface area contributed by atoms with Crippen molar-refractivity contribution in [1.82, 2.24) is 10.3 Å². The number of carbonyl (C=O) groups is 2. The molecule has 0 aliphatic carbocycles. The van der Waals surface area contributed by atoms with Gasteiger partial charge in [0, 0.05) is 12.1 Å². The number of nitrogens with one attached hydrogen (secondary N) is 1. The van der Waals surface area contributed by atoms with Crippen LogP contribution >= 0.6 is 0 Å². The number of amides is 2. The fourth-order valence-electron chi connectivity index (χ4n) is 2.36. The Labute approximate surface area is 115 Å². The third-order valence-corrected chi connectivity index (χ3v) is 3.35. The van der Waals surface area contributed by atoms with Gasteiger partial charge in [0.25, 0.3) is 11.8 Å². The summed E-state index contributed by atoms with van der Waals surface area (Å²) in [4.78, 5) is 25.4. The van der Waals surface area contributed by atoms with Crippen molar-refractivity contribution >= 4 is 11.8 Å². The molecule has 6 nitrogen and oxygen atoms in total. The highest BCUT2D eigenvalue weighted by molar-refractivity contribution is 5.98. The standard InChI is InChI=1S/C14H13N3O3/c15-16-13(18)11-5-6-20-12(11)8-17-7-9-3-1-2-4-10(9)14(17)19/h1-6H,7-8,15H2,(H,16,18). The van der Waals surface area contributed by atoms with Gasteiger partial charge in [0.1, 0.15) is 5.76 Å². The summed E-state index contributed by atoms with van der Waals surface area (Å²) in [6, 6.07) is 8.98. The predicted octanol–water partition coefficient (Wildman–Crippen LogP) is 1.04. The highest BCUT2D eigenvalue weighted by atomic mass is 16.3. The van der Waals surface area contributed by atoms with E-state index in [9.17, 15) is 9.59 Å². The van der Waals surface area contributed by atoms with E-state index in [4.69, 9.17) is 10.3 Å². The van der Waals surface area contributed by atoms with Gasteiger partial charge in [0.15, 0.2) is 0 Å². The van der Waals surface area contributed by atoms with E-state index in [0.29, 0.717) is 23.4 Å². The SMILES string of the molecule is NNC(=O)c1ccoc1CN1Cc2ccccc2C1=O. The Bertz CT molecular complexity index is 678. The second-order valence-corrected chi connectivity index (χ2v) is 4.55. The number of furan rings is 1. The molecule has 0 fully saturated rings. The number of rotatable bonds is 3. The largest absolute Gasteiger partial charge is 0.467 e. The lowest BCUT2D eigenvalue weighted by Crippen LogP contribution is -2.31. The first-order chi connectivity index (χ1) is 9.70. The highest BCUT2D eigenvalue weighted by Crippen LogP contribution is 2.25. The van der Waals surface area contributed by atoms with Crippen LogP contribution in [0.3, 0.4) is 0 Å². The maximum Gasteiger partial charge on any atom is 0.268 e. The van der Waals surface area contributed by atoms with Gasteiger partial charge in [-0.3, -0.25) is 15.0 Å². The summed E-state index contributed by atoms with van der Waals surface area (Å²) in [7, 11) is 0. The molecule has 0 spiro atoms. The highest BCUT2D eigenvalue weighted by Gasteiger charge is 2.28. The number of hydrazine groups is 1. The van der Waals surface area contributed by atoms with Crippen molar-refractivity contribution in [1.29, 1.82) is 0 Å². The van der Waals surface area contributed by atoms with Gasteiger partial charge in [0.05, 0.1) is 18.4 Å². The molecule has 0 bridgehead atoms. The number of fused-ring (bicyclic) bond motifs is 1. The van der Waals surface area contributed by atoms with Crippen molar-refractivity contribution in [2.45, 2.75) is 13.1 Å². The number of nitrogen functional groups attached to an aromatic ring is 1. The zero-order valence-electron chi connectivity index (χ0n) is 10.6. The molecule has 0 saturated heterocycles. The summed E-state index contributed by atoms with van der Waals surface area (Å²) in [5.41, 5.74) is 4.08. The van der Waals surface area contributed by atoms with Crippen molar-refractivity contribution in [2.24, 2.45) is 5.84 Å². The van der Waals surface area contributed by atoms with Gasteiger partial charge in [-0.1, -0.05) is 18.2 Å². The van der Waals surface area contributed by atoms with Crippen LogP contribution in [0.15, 0.2) is 41.0 Å². The maximum atomic E-state index is 12.2. The first kappa shape index (κ1) is 12.4. The van der Waals surface area contributed by atoms with Gasteiger partial charge < -0.3 is 9.32 Å². The van der Waals surface area contributed by atoms with E-state index in [1.807, 2.05) is 18.2 Å². The summed E-state index contributed by atoms with van der Waals surface area (Å²) in [5, 5.41) is 0. The zero-order chi connectivity index (χ0) is 14.1. The summed E-state index contributed by atoms with van der Waals surface area (Å²) < 4.78 is 5.29. The lowest BCUT2D eigenvalue weighted by atomic mass is 10.1. The van der Waals surface area contributed by atoms with Crippen molar-refractivity contribution in [3.05, 3.63) is 59.0 Å². The monoisotopic (exact) mass is 271 g/mol. The Morgan fingerprint density at radius 3 is 2.90 bits per heavy atom. The van der Waals surface area contributed by atoms with E-state index >= 15 is 0 Å². The van der Waals surface area contributed by atoms with Crippen molar-refractivity contribution in [2.75, 3.05) is 0 Å². The topological polar surface area (TPSA) is 88.6 Å². The number of nitrogens with zero attached hydrogens (tertiary/aromatic N) is 1. The normalized spacial score (nSPS) is 13.4. The average molecular weight is 271 g/mol. The summed E-state index contributed by atoms with van der Waals surface area (Å²) in [6.45, 7) is 0.753. The van der Waals surface area contributed by atoms with E-state index in [1.165, 1.54) is 12.3 Å². The van der Waals surface area contributed by atoms with Gasteiger partial charge in [-0.05, 0) is 17.7 Å². The van der Waals surface area contributed by atoms with Crippen LogP contribution in [0.4, 0.5) is 0 Å². The van der Waals surface area contributed by atoms with Crippen LogP contribution in [0.25, 0.3) is 0 Å². The van der Waals surface area contributed by atoms with Crippen LogP contribution in [-0.4, -0.2) is 16.7 Å². The van der Waals surface area contributed by atoms with Gasteiger partial charge >= 0.3 is 0 Å². The summed E-state index contributed by atoms with van der Waals surface area (Å²) in [6.07, 6.45) is 1.41. The molecule has 6 heteroatoms. The predicted molar refractivity (Wildman–Crippen MR) is 70.4 cm³/mol. The number of carbonyl (C=O) groups excluding carboxylic acids is 2. The lowest BCUT2D eigenvalue weighted by Gasteiger charge is -2.14. The Morgan fingerprint density at radius 2 is 2.15 bits per heavy atom. The van der Waals surface area contributed by atoms with E-state index in [2.05, 4.69) is 5.43 Å². The molecule has 1 aromatic heterocycles. The van der Waals surface area contributed by atoms with E-state index in [0.717, 1.165) is 5.56 Å². The number of hydrogen-bond acceptors (Lipinski definition) is 4. The van der Waals surface area contributed by atoms with Gasteiger partial charge in [-0.2, -0.15) is 0 Å². The van der Waals surface area contributed by atoms with Crippen LogP contribution in [0, 0.1) is 0 Å². The molecule has 20 heavy (non-hydrogen) atoms. The molecule has 2 amide bonds. The minimum Gasteiger partial charge on any atom is -0.467 e. The average Bonchev–Trinajstić information content (AvgIpc) is 3.05. The molecule has 0 unspecified atom stereocenters. The smallest absolute Gasteiger partial charge is 0.268 e. The molecule has 102 valence electrons. The first-order valence-corrected chi connectivity index (χ1v) is 6.15. The van der Waals surface area contributed by atoms with E-state index in [1.54, 1.807) is 11.0 Å². The van der Waals surface area contributed by atoms with Crippen molar-refractivity contribution in [3.63, 3.8) is 0 Å². The van der Waals surface area contributed by atoms with Crippen LogP contribution in [0.1, 0.15) is 32.0 Å². The molecular formula is C14H13N3O3. The minimum atomic E-state index is -0.432. The second-order valence-electron chi connectivity index (χ2n) is 4.55. The molecule has 1 aliphatic rings. The van der Waals surface area contributed by atoms with Gasteiger partial charge in [-0.25, -0.2) is 5.84 Å². The third-order valence-electron chi connectivity index (χ3n) is 3.35. The fourth-order valence-corrected chi connectivity index (χ4v) is 2.36. The van der Waals surface area contributed by atoms with Crippen LogP contribution in [0.5, 0.6) is 0 Å². The molecule has 2 heterocycles. The van der Waals surface area contributed by atoms with Crippen LogP contribution in [0.2, 0.25) is 0 Å². The lowest BCUT2D eigenvalue weighted by molar-refractivity contribution is 0.0751. The third kappa shape index (κ3) is 1.96. The molecule has 0 radical (unpaired) electrons. The first-order valence-electron chi connectivity index (χ1n) is 6.15. The number of hydrogen-bond donors (Lipinski definition) is 2. The molecule has 0 saturated carbocycles. The quantitative estimate of drug-likeness (QED) is 0.496. The van der Waals surface area contributed by atoms with Crippen LogP contribution < -0.4 is 11.3 Å². The second kappa shape index (κ2) is 4.82. The molecule has 3 N–H and O–H groups in total. The zero-order valence-corrected chi connectivity index (χ0v) is 10.6. The Kier molecular flexibility index (Phi) is 3.00. The summed E-state index contributed by atoms with van der Waals surface area (Å²) >= 11 is 0. The minimum absolute atomic E-state index is 0.0592. The van der Waals surface area contributed by atoms with Gasteiger partial charge in [-0.15, -0.1) is 0 Å². The molecule has 2 aromatic rings. The molecule has 1 aliphatic heterocycles.